The predicted molar refractivity (Wildman–Crippen MR) is 112 cm³/mol. The molecule has 0 aliphatic heterocycles. The average molecular weight is 406 g/mol. The Labute approximate surface area is 174 Å². The first-order valence-electron chi connectivity index (χ1n) is 10.5. The number of carbonyl (C=O) groups is 2. The highest BCUT2D eigenvalue weighted by molar-refractivity contribution is 5.85. The van der Waals surface area contributed by atoms with Crippen LogP contribution in [-0.2, 0) is 25.5 Å². The van der Waals surface area contributed by atoms with Gasteiger partial charge in [-0.1, -0.05) is 39.3 Å². The van der Waals surface area contributed by atoms with E-state index in [-0.39, 0.29) is 18.6 Å². The lowest BCUT2D eigenvalue weighted by molar-refractivity contribution is -0.146. The van der Waals surface area contributed by atoms with Crippen LogP contribution in [0.15, 0.2) is 24.3 Å². The van der Waals surface area contributed by atoms with E-state index >= 15 is 0 Å². The minimum absolute atomic E-state index is 0.0449. The molecule has 1 N–H and O–H groups in total. The van der Waals surface area contributed by atoms with E-state index in [2.05, 4.69) is 26.1 Å². The van der Waals surface area contributed by atoms with Gasteiger partial charge in [-0.2, -0.15) is 0 Å². The maximum absolute atomic E-state index is 12.5. The Morgan fingerprint density at radius 2 is 1.83 bits per heavy atom. The van der Waals surface area contributed by atoms with E-state index in [1.165, 1.54) is 13.5 Å². The number of carbonyl (C=O) groups excluding carboxylic acids is 2. The molecule has 0 heterocycles. The highest BCUT2D eigenvalue weighted by Gasteiger charge is 2.32. The first-order valence-corrected chi connectivity index (χ1v) is 10.5. The maximum atomic E-state index is 12.5. The third-order valence-corrected chi connectivity index (χ3v) is 5.81. The second-order valence-corrected chi connectivity index (χ2v) is 8.37. The molecule has 1 fully saturated rings. The normalized spacial score (nSPS) is 22.8. The number of rotatable bonds is 9. The Balaban J connectivity index is 1.93. The van der Waals surface area contributed by atoms with Gasteiger partial charge in [0.2, 0.25) is 5.91 Å². The molecule has 6 nitrogen and oxygen atoms in total. The van der Waals surface area contributed by atoms with Gasteiger partial charge >= 0.3 is 5.97 Å². The molecule has 6 heteroatoms. The number of esters is 1. The third kappa shape index (κ3) is 7.03. The summed E-state index contributed by atoms with van der Waals surface area (Å²) < 4.78 is 16.0. The second kappa shape index (κ2) is 11.2. The molecule has 2 rings (SSSR count). The molecule has 1 aromatic carbocycles. The van der Waals surface area contributed by atoms with Crippen molar-refractivity contribution in [2.75, 3.05) is 20.8 Å². The Hall–Kier alpha value is -2.08. The van der Waals surface area contributed by atoms with Crippen LogP contribution in [0.4, 0.5) is 0 Å². The van der Waals surface area contributed by atoms with Crippen LogP contribution < -0.4 is 10.1 Å². The van der Waals surface area contributed by atoms with Crippen LogP contribution >= 0.6 is 0 Å². The van der Waals surface area contributed by atoms with Crippen molar-refractivity contribution in [2.45, 2.75) is 58.6 Å². The minimum atomic E-state index is -0.754. The monoisotopic (exact) mass is 405 g/mol. The SMILES string of the molecule is COC(=O)[C@H](Cc1ccc(OC)cc1)NC(=O)COC1CC(C)CCC1C(C)C. The summed E-state index contributed by atoms with van der Waals surface area (Å²) >= 11 is 0. The van der Waals surface area contributed by atoms with Gasteiger partial charge in [-0.3, -0.25) is 4.79 Å². The molecule has 29 heavy (non-hydrogen) atoms. The number of nitrogens with one attached hydrogen (secondary N) is 1. The Kier molecular flexibility index (Phi) is 8.96. The molecule has 3 unspecified atom stereocenters. The van der Waals surface area contributed by atoms with Gasteiger partial charge in [0.05, 0.1) is 20.3 Å². The first-order chi connectivity index (χ1) is 13.8. The van der Waals surface area contributed by atoms with Gasteiger partial charge in [-0.15, -0.1) is 0 Å². The fourth-order valence-electron chi connectivity index (χ4n) is 4.06. The van der Waals surface area contributed by atoms with E-state index < -0.39 is 12.0 Å². The smallest absolute Gasteiger partial charge is 0.328 e. The molecule has 0 spiro atoms. The van der Waals surface area contributed by atoms with Gasteiger partial charge in [0, 0.05) is 6.42 Å². The largest absolute Gasteiger partial charge is 0.497 e. The zero-order valence-electron chi connectivity index (χ0n) is 18.3. The lowest BCUT2D eigenvalue weighted by atomic mass is 9.75. The van der Waals surface area contributed by atoms with Crippen LogP contribution in [0, 0.1) is 17.8 Å². The van der Waals surface area contributed by atoms with Crippen LogP contribution in [0.5, 0.6) is 5.75 Å². The van der Waals surface area contributed by atoms with E-state index in [4.69, 9.17) is 14.2 Å². The highest BCUT2D eigenvalue weighted by atomic mass is 16.5. The van der Waals surface area contributed by atoms with Gasteiger partial charge in [0.25, 0.3) is 0 Å². The van der Waals surface area contributed by atoms with Crippen LogP contribution in [0.25, 0.3) is 0 Å². The molecule has 0 bridgehead atoms. The molecule has 162 valence electrons. The van der Waals surface area contributed by atoms with Crippen molar-refractivity contribution in [3.05, 3.63) is 29.8 Å². The second-order valence-electron chi connectivity index (χ2n) is 8.37. The number of hydrogen-bond donors (Lipinski definition) is 1. The molecular weight excluding hydrogens is 370 g/mol. The van der Waals surface area contributed by atoms with Crippen LogP contribution in [0.1, 0.15) is 45.6 Å². The van der Waals surface area contributed by atoms with Crippen molar-refractivity contribution in [1.29, 1.82) is 0 Å². The summed E-state index contributed by atoms with van der Waals surface area (Å²) in [7, 11) is 2.92. The molecule has 1 saturated carbocycles. The lowest BCUT2D eigenvalue weighted by Gasteiger charge is -2.37. The topological polar surface area (TPSA) is 73.9 Å². The molecule has 0 aromatic heterocycles. The zero-order valence-corrected chi connectivity index (χ0v) is 18.3. The van der Waals surface area contributed by atoms with E-state index in [1.807, 2.05) is 24.3 Å². The van der Waals surface area contributed by atoms with Crippen molar-refractivity contribution >= 4 is 11.9 Å². The van der Waals surface area contributed by atoms with Gasteiger partial charge in [0.1, 0.15) is 18.4 Å². The Morgan fingerprint density at radius 1 is 1.14 bits per heavy atom. The quantitative estimate of drug-likeness (QED) is 0.638. The minimum Gasteiger partial charge on any atom is -0.497 e. The van der Waals surface area contributed by atoms with Crippen molar-refractivity contribution in [2.24, 2.45) is 17.8 Å². The van der Waals surface area contributed by atoms with Crippen molar-refractivity contribution < 1.29 is 23.8 Å². The number of methoxy groups -OCH3 is 2. The molecule has 1 aromatic rings. The lowest BCUT2D eigenvalue weighted by Crippen LogP contribution is -2.45. The third-order valence-electron chi connectivity index (χ3n) is 5.81. The molecule has 1 aliphatic carbocycles. The zero-order chi connectivity index (χ0) is 21.4. The van der Waals surface area contributed by atoms with E-state index in [0.29, 0.717) is 24.2 Å². The van der Waals surface area contributed by atoms with Gasteiger partial charge < -0.3 is 19.5 Å². The molecule has 1 amide bonds. The number of ether oxygens (including phenoxy) is 3. The van der Waals surface area contributed by atoms with Gasteiger partial charge in [0.15, 0.2) is 0 Å². The Morgan fingerprint density at radius 3 is 2.41 bits per heavy atom. The fourth-order valence-corrected chi connectivity index (χ4v) is 4.06. The number of amides is 1. The van der Waals surface area contributed by atoms with E-state index in [1.54, 1.807) is 7.11 Å². The summed E-state index contributed by atoms with van der Waals surface area (Å²) in [5, 5.41) is 2.77. The molecule has 0 radical (unpaired) electrons. The average Bonchev–Trinajstić information content (AvgIpc) is 2.71. The van der Waals surface area contributed by atoms with Gasteiger partial charge in [-0.05, 0) is 48.3 Å². The van der Waals surface area contributed by atoms with Crippen LogP contribution in [-0.4, -0.2) is 44.8 Å². The van der Waals surface area contributed by atoms with E-state index in [9.17, 15) is 9.59 Å². The van der Waals surface area contributed by atoms with Crippen molar-refractivity contribution in [3.63, 3.8) is 0 Å². The molecule has 4 atom stereocenters. The van der Waals surface area contributed by atoms with Crippen molar-refractivity contribution in [3.8, 4) is 5.75 Å². The highest BCUT2D eigenvalue weighted by Crippen LogP contribution is 2.35. The molecule has 0 saturated heterocycles. The molecule has 1 aliphatic rings. The maximum Gasteiger partial charge on any atom is 0.328 e. The summed E-state index contributed by atoms with van der Waals surface area (Å²) in [4.78, 5) is 24.7. The first kappa shape index (κ1) is 23.2. The predicted octanol–water partition coefficient (Wildman–Crippen LogP) is 3.37. The van der Waals surface area contributed by atoms with Gasteiger partial charge in [-0.25, -0.2) is 4.79 Å². The van der Waals surface area contributed by atoms with Crippen LogP contribution in [0.2, 0.25) is 0 Å². The van der Waals surface area contributed by atoms with E-state index in [0.717, 1.165) is 24.2 Å². The number of hydrogen-bond acceptors (Lipinski definition) is 5. The summed E-state index contributed by atoms with van der Waals surface area (Å²) in [6, 6.07) is 6.63. The summed E-state index contributed by atoms with van der Waals surface area (Å²) in [5.74, 6) is 1.57. The van der Waals surface area contributed by atoms with Crippen molar-refractivity contribution in [1.82, 2.24) is 5.32 Å². The number of benzene rings is 1. The standard InChI is InChI=1S/C23H35NO5/c1-15(2)19-11-6-16(3)12-21(19)29-14-22(25)24-20(23(26)28-5)13-17-7-9-18(27-4)10-8-17/h7-10,15-16,19-21H,6,11-14H2,1-5H3,(H,24,25)/t16?,19?,20-,21?/m0/s1. The fraction of sp³-hybridized carbons (Fsp3) is 0.652. The molecular formula is C23H35NO5. The summed E-state index contributed by atoms with van der Waals surface area (Å²) in [6.07, 6.45) is 3.75. The van der Waals surface area contributed by atoms with Crippen LogP contribution in [0.3, 0.4) is 0 Å². The summed E-state index contributed by atoms with van der Waals surface area (Å²) in [5.41, 5.74) is 0.906. The summed E-state index contributed by atoms with van der Waals surface area (Å²) in [6.45, 7) is 6.60. The Bertz CT molecular complexity index is 658.